The quantitative estimate of drug-likeness (QED) is 0.416. The summed E-state index contributed by atoms with van der Waals surface area (Å²) in [4.78, 5) is 36.2. The van der Waals surface area contributed by atoms with E-state index in [1.807, 2.05) is 0 Å². The van der Waals surface area contributed by atoms with Crippen LogP contribution in [0.4, 0.5) is 0 Å². The Bertz CT molecular complexity index is 662. The number of carbonyl (C=O) groups excluding carboxylic acids is 2. The van der Waals surface area contributed by atoms with E-state index in [-0.39, 0.29) is 33.9 Å². The van der Waals surface area contributed by atoms with Crippen molar-refractivity contribution in [3.8, 4) is 0 Å². The molecule has 1 N–H and O–H groups in total. The van der Waals surface area contributed by atoms with E-state index in [9.17, 15) is 19.5 Å². The second-order valence-corrected chi connectivity index (χ2v) is 8.35. The summed E-state index contributed by atoms with van der Waals surface area (Å²) in [5.74, 6) is -3.57. The standard InChI is InChI=1S/C17H16Br2O5/c18-14-9-6-10(15(14)19)13(12(9)16(21)22)17(23)24-7-11(20)8-4-2-1-3-5-8/h1-5,9-10,12-15H,6-7H2,(H,21,22)/t9-,10+,12-,13+,14-,15+/m0/s1. The van der Waals surface area contributed by atoms with Crippen molar-refractivity contribution >= 4 is 49.6 Å². The minimum atomic E-state index is -0.984. The maximum Gasteiger partial charge on any atom is 0.310 e. The van der Waals surface area contributed by atoms with Gasteiger partial charge in [-0.2, -0.15) is 0 Å². The van der Waals surface area contributed by atoms with E-state index in [1.54, 1.807) is 30.3 Å². The molecule has 0 amide bonds. The molecule has 7 heteroatoms. The van der Waals surface area contributed by atoms with Gasteiger partial charge < -0.3 is 9.84 Å². The van der Waals surface area contributed by atoms with Crippen LogP contribution in [-0.2, 0) is 14.3 Å². The minimum absolute atomic E-state index is 0.0265. The van der Waals surface area contributed by atoms with Crippen LogP contribution in [0.3, 0.4) is 0 Å². The van der Waals surface area contributed by atoms with E-state index in [0.717, 1.165) is 0 Å². The van der Waals surface area contributed by atoms with Gasteiger partial charge in [-0.25, -0.2) is 0 Å². The van der Waals surface area contributed by atoms with Crippen molar-refractivity contribution in [2.45, 2.75) is 16.1 Å². The first-order chi connectivity index (χ1) is 11.4. The largest absolute Gasteiger partial charge is 0.481 e. The number of halogens is 2. The number of ketones is 1. The maximum atomic E-state index is 12.5. The fourth-order valence-electron chi connectivity index (χ4n) is 3.87. The lowest BCUT2D eigenvalue weighted by Gasteiger charge is -2.32. The van der Waals surface area contributed by atoms with Crippen molar-refractivity contribution in [2.24, 2.45) is 23.7 Å². The van der Waals surface area contributed by atoms with Crippen molar-refractivity contribution in [1.29, 1.82) is 0 Å². The monoisotopic (exact) mass is 458 g/mol. The van der Waals surface area contributed by atoms with Gasteiger partial charge in [-0.15, -0.1) is 0 Å². The van der Waals surface area contributed by atoms with Gasteiger partial charge in [0.05, 0.1) is 11.8 Å². The molecule has 6 atom stereocenters. The van der Waals surface area contributed by atoms with E-state index in [0.29, 0.717) is 12.0 Å². The number of ether oxygens (including phenoxy) is 1. The molecule has 2 aliphatic rings. The molecular weight excluding hydrogens is 444 g/mol. The van der Waals surface area contributed by atoms with Crippen LogP contribution < -0.4 is 0 Å². The molecule has 0 unspecified atom stereocenters. The number of Topliss-reactive ketones (excluding diaryl/α,β-unsaturated/α-hetero) is 1. The average Bonchev–Trinajstić information content (AvgIpc) is 3.10. The number of fused-ring (bicyclic) bond motifs is 2. The summed E-state index contributed by atoms with van der Waals surface area (Å²) in [7, 11) is 0. The van der Waals surface area contributed by atoms with Crippen LogP contribution in [0.2, 0.25) is 0 Å². The van der Waals surface area contributed by atoms with Crippen molar-refractivity contribution in [1.82, 2.24) is 0 Å². The maximum absolute atomic E-state index is 12.5. The molecule has 1 aromatic rings. The number of aliphatic carboxylic acids is 1. The second kappa shape index (κ2) is 6.96. The lowest BCUT2D eigenvalue weighted by molar-refractivity contribution is -0.159. The molecule has 0 radical (unpaired) electrons. The summed E-state index contributed by atoms with van der Waals surface area (Å²) in [6, 6.07) is 8.56. The number of rotatable bonds is 5. The Labute approximate surface area is 156 Å². The third-order valence-electron chi connectivity index (χ3n) is 4.97. The molecular formula is C17H16Br2O5. The van der Waals surface area contributed by atoms with Gasteiger partial charge in [0.15, 0.2) is 12.4 Å². The van der Waals surface area contributed by atoms with Crippen molar-refractivity contribution < 1.29 is 24.2 Å². The van der Waals surface area contributed by atoms with Gasteiger partial charge >= 0.3 is 11.9 Å². The summed E-state index contributed by atoms with van der Waals surface area (Å²) in [5.41, 5.74) is 0.465. The summed E-state index contributed by atoms with van der Waals surface area (Å²) >= 11 is 7.07. The molecule has 0 heterocycles. The Morgan fingerprint density at radius 3 is 2.21 bits per heavy atom. The zero-order chi connectivity index (χ0) is 17.4. The highest BCUT2D eigenvalue weighted by atomic mass is 79.9. The van der Waals surface area contributed by atoms with Crippen LogP contribution >= 0.6 is 31.9 Å². The van der Waals surface area contributed by atoms with Gasteiger partial charge in [-0.05, 0) is 18.3 Å². The number of carboxylic acid groups (broad SMARTS) is 1. The molecule has 128 valence electrons. The van der Waals surface area contributed by atoms with Gasteiger partial charge in [0, 0.05) is 15.2 Å². The highest BCUT2D eigenvalue weighted by Gasteiger charge is 2.62. The van der Waals surface area contributed by atoms with E-state index < -0.39 is 23.8 Å². The predicted octanol–water partition coefficient (Wildman–Crippen LogP) is 2.91. The molecule has 0 spiro atoms. The fraction of sp³-hybridized carbons (Fsp3) is 0.471. The van der Waals surface area contributed by atoms with E-state index >= 15 is 0 Å². The summed E-state index contributed by atoms with van der Waals surface area (Å²) in [6.07, 6.45) is 0.662. The number of alkyl halides is 2. The Morgan fingerprint density at radius 2 is 1.62 bits per heavy atom. The number of benzene rings is 1. The summed E-state index contributed by atoms with van der Waals surface area (Å²) < 4.78 is 5.17. The first-order valence-corrected chi connectivity index (χ1v) is 9.50. The Hall–Kier alpha value is -1.21. The lowest BCUT2D eigenvalue weighted by Crippen LogP contribution is -2.44. The van der Waals surface area contributed by atoms with E-state index in [1.165, 1.54) is 0 Å². The van der Waals surface area contributed by atoms with Gasteiger partial charge in [0.1, 0.15) is 0 Å². The molecule has 2 aliphatic carbocycles. The highest BCUT2D eigenvalue weighted by molar-refractivity contribution is 9.12. The first-order valence-electron chi connectivity index (χ1n) is 7.67. The van der Waals surface area contributed by atoms with E-state index in [4.69, 9.17) is 4.74 Å². The number of hydrogen-bond acceptors (Lipinski definition) is 4. The zero-order valence-electron chi connectivity index (χ0n) is 12.6. The molecule has 0 saturated heterocycles. The topological polar surface area (TPSA) is 80.7 Å². The van der Waals surface area contributed by atoms with Gasteiger partial charge in [-0.1, -0.05) is 62.2 Å². The molecule has 2 fully saturated rings. The van der Waals surface area contributed by atoms with E-state index in [2.05, 4.69) is 31.9 Å². The predicted molar refractivity (Wildman–Crippen MR) is 93.4 cm³/mol. The Morgan fingerprint density at radius 1 is 1.04 bits per heavy atom. The molecule has 5 nitrogen and oxygen atoms in total. The molecule has 3 rings (SSSR count). The van der Waals surface area contributed by atoms with Crippen molar-refractivity contribution in [3.05, 3.63) is 35.9 Å². The Balaban J connectivity index is 1.68. The third kappa shape index (κ3) is 3.04. The smallest absolute Gasteiger partial charge is 0.310 e. The van der Waals surface area contributed by atoms with Crippen LogP contribution in [0.1, 0.15) is 16.8 Å². The molecule has 2 bridgehead atoms. The van der Waals surface area contributed by atoms with Gasteiger partial charge in [-0.3, -0.25) is 14.4 Å². The van der Waals surface area contributed by atoms with Crippen LogP contribution in [0.25, 0.3) is 0 Å². The van der Waals surface area contributed by atoms with Crippen LogP contribution in [0.15, 0.2) is 30.3 Å². The zero-order valence-corrected chi connectivity index (χ0v) is 15.8. The summed E-state index contributed by atoms with van der Waals surface area (Å²) in [6.45, 7) is -0.367. The fourth-order valence-corrected chi connectivity index (χ4v) is 5.74. The normalized spacial score (nSPS) is 34.1. The first kappa shape index (κ1) is 17.6. The number of carbonyl (C=O) groups is 3. The molecule has 24 heavy (non-hydrogen) atoms. The molecule has 2 saturated carbocycles. The van der Waals surface area contributed by atoms with Crippen LogP contribution in [0, 0.1) is 23.7 Å². The third-order valence-corrected chi connectivity index (χ3v) is 8.18. The van der Waals surface area contributed by atoms with Gasteiger partial charge in [0.25, 0.3) is 0 Å². The minimum Gasteiger partial charge on any atom is -0.481 e. The van der Waals surface area contributed by atoms with Crippen LogP contribution in [0.5, 0.6) is 0 Å². The van der Waals surface area contributed by atoms with Gasteiger partial charge in [0.2, 0.25) is 0 Å². The summed E-state index contributed by atoms with van der Waals surface area (Å²) in [5, 5.41) is 9.50. The molecule has 0 aromatic heterocycles. The Kier molecular flexibility index (Phi) is 5.11. The number of esters is 1. The van der Waals surface area contributed by atoms with Crippen molar-refractivity contribution in [3.63, 3.8) is 0 Å². The second-order valence-electron chi connectivity index (χ2n) is 6.24. The lowest BCUT2D eigenvalue weighted by atomic mass is 9.79. The number of hydrogen-bond donors (Lipinski definition) is 1. The SMILES string of the molecule is O=C(COC(=O)[C@@H]1[C@H]2C[C@H]([C@H](Br)[C@@H]2Br)[C@@H]1C(=O)O)c1ccccc1. The molecule has 1 aromatic carbocycles. The number of carboxylic acids is 1. The average molecular weight is 460 g/mol. The van der Waals surface area contributed by atoms with Crippen molar-refractivity contribution in [2.75, 3.05) is 6.61 Å². The highest BCUT2D eigenvalue weighted by Crippen LogP contribution is 2.57. The molecule has 0 aliphatic heterocycles. The van der Waals surface area contributed by atoms with Crippen LogP contribution in [-0.4, -0.2) is 39.1 Å².